The second kappa shape index (κ2) is 3.78. The first-order valence-electron chi connectivity index (χ1n) is 3.10. The van der Waals surface area contributed by atoms with E-state index < -0.39 is 0 Å². The first kappa shape index (κ1) is 8.83. The number of thiol groups is 1. The first-order chi connectivity index (χ1) is 4.04. The zero-order valence-electron chi connectivity index (χ0n) is 6.31. The molecule has 0 spiro atoms. The molecule has 0 saturated heterocycles. The lowest BCUT2D eigenvalue weighted by molar-refractivity contribution is 0.817. The summed E-state index contributed by atoms with van der Waals surface area (Å²) < 4.78 is 0. The Balaban J connectivity index is 4.00. The van der Waals surface area contributed by atoms with E-state index in [-0.39, 0.29) is 0 Å². The second-order valence-corrected chi connectivity index (χ2v) is 3.09. The molecule has 0 fully saturated rings. The van der Waals surface area contributed by atoms with Crippen LogP contribution in [0.3, 0.4) is 0 Å². The summed E-state index contributed by atoms with van der Waals surface area (Å²) in [5.41, 5.74) is 1.06. The molecule has 0 heterocycles. The van der Waals surface area contributed by atoms with Crippen molar-refractivity contribution in [2.24, 2.45) is 5.92 Å². The van der Waals surface area contributed by atoms with Gasteiger partial charge in [-0.2, -0.15) is 0 Å². The summed E-state index contributed by atoms with van der Waals surface area (Å²) in [5, 5.41) is 0. The van der Waals surface area contributed by atoms with E-state index >= 15 is 0 Å². The van der Waals surface area contributed by atoms with E-state index in [0.717, 1.165) is 10.5 Å². The van der Waals surface area contributed by atoms with Crippen molar-refractivity contribution in [2.75, 3.05) is 0 Å². The minimum absolute atomic E-state index is 0.519. The molecule has 0 bridgehead atoms. The van der Waals surface area contributed by atoms with Crippen molar-refractivity contribution in [3.63, 3.8) is 0 Å². The Labute approximate surface area is 63.1 Å². The van der Waals surface area contributed by atoms with Crippen LogP contribution in [-0.2, 0) is 0 Å². The van der Waals surface area contributed by atoms with Gasteiger partial charge >= 0.3 is 0 Å². The Morgan fingerprint density at radius 1 is 1.56 bits per heavy atom. The fourth-order valence-electron chi connectivity index (χ4n) is 0.419. The van der Waals surface area contributed by atoms with Crippen LogP contribution in [0, 0.1) is 5.92 Å². The van der Waals surface area contributed by atoms with Crippen LogP contribution >= 0.6 is 12.6 Å². The van der Waals surface area contributed by atoms with Crippen LogP contribution in [0.5, 0.6) is 0 Å². The molecule has 0 radical (unpaired) electrons. The highest BCUT2D eigenvalue weighted by Crippen LogP contribution is 2.14. The molecule has 0 aliphatic heterocycles. The predicted molar refractivity (Wildman–Crippen MR) is 46.7 cm³/mol. The normalized spacial score (nSPS) is 12.3. The van der Waals surface area contributed by atoms with Crippen LogP contribution in [0.1, 0.15) is 20.8 Å². The molecular formula is C8H14S. The molecule has 0 rings (SSSR count). The Bertz CT molecular complexity index is 132. The SMILES string of the molecule is C=C(C)/C=C(/S)C(C)C. The Hall–Kier alpha value is -0.170. The number of allylic oxidation sites excluding steroid dienone is 3. The lowest BCUT2D eigenvalue weighted by Crippen LogP contribution is -1.85. The third kappa shape index (κ3) is 4.34. The molecule has 0 N–H and O–H groups in total. The molecule has 9 heavy (non-hydrogen) atoms. The highest BCUT2D eigenvalue weighted by Gasteiger charge is 1.94. The van der Waals surface area contributed by atoms with Crippen LogP contribution in [-0.4, -0.2) is 0 Å². The predicted octanol–water partition coefficient (Wildman–Crippen LogP) is 3.03. The van der Waals surface area contributed by atoms with Crippen LogP contribution < -0.4 is 0 Å². The summed E-state index contributed by atoms with van der Waals surface area (Å²) in [6, 6.07) is 0. The first-order valence-corrected chi connectivity index (χ1v) is 3.55. The van der Waals surface area contributed by atoms with Crippen molar-refractivity contribution < 1.29 is 0 Å². The molecule has 0 saturated carbocycles. The highest BCUT2D eigenvalue weighted by atomic mass is 32.1. The average molecular weight is 142 g/mol. The van der Waals surface area contributed by atoms with Crippen molar-refractivity contribution in [3.05, 3.63) is 23.1 Å². The standard InChI is InChI=1S/C8H14S/c1-6(2)5-8(9)7(3)4/h5,7,9H,1H2,2-4H3/b8-5+. The molecule has 0 nitrogen and oxygen atoms in total. The van der Waals surface area contributed by atoms with E-state index in [1.807, 2.05) is 13.0 Å². The lowest BCUT2D eigenvalue weighted by atomic mass is 10.2. The molecule has 0 aromatic heterocycles. The van der Waals surface area contributed by atoms with Gasteiger partial charge in [-0.05, 0) is 17.7 Å². The van der Waals surface area contributed by atoms with Crippen molar-refractivity contribution >= 4 is 12.6 Å². The Morgan fingerprint density at radius 3 is 2.11 bits per heavy atom. The molecule has 0 atom stereocenters. The Kier molecular flexibility index (Phi) is 3.71. The number of hydrogen-bond acceptors (Lipinski definition) is 1. The molecule has 0 aromatic rings. The Morgan fingerprint density at radius 2 is 2.00 bits per heavy atom. The topological polar surface area (TPSA) is 0 Å². The fraction of sp³-hybridized carbons (Fsp3) is 0.500. The van der Waals surface area contributed by atoms with E-state index in [2.05, 4.69) is 33.1 Å². The molecule has 0 aliphatic rings. The summed E-state index contributed by atoms with van der Waals surface area (Å²) in [7, 11) is 0. The van der Waals surface area contributed by atoms with Crippen molar-refractivity contribution in [1.82, 2.24) is 0 Å². The molecule has 0 amide bonds. The zero-order valence-corrected chi connectivity index (χ0v) is 7.20. The lowest BCUT2D eigenvalue weighted by Gasteiger charge is -2.02. The second-order valence-electron chi connectivity index (χ2n) is 2.57. The van der Waals surface area contributed by atoms with Gasteiger partial charge in [0.15, 0.2) is 0 Å². The maximum absolute atomic E-state index is 4.26. The maximum atomic E-state index is 4.26. The van der Waals surface area contributed by atoms with Gasteiger partial charge in [0.05, 0.1) is 0 Å². The van der Waals surface area contributed by atoms with Gasteiger partial charge in [-0.25, -0.2) is 0 Å². The zero-order chi connectivity index (χ0) is 7.44. The van der Waals surface area contributed by atoms with Gasteiger partial charge < -0.3 is 0 Å². The minimum atomic E-state index is 0.519. The summed E-state index contributed by atoms with van der Waals surface area (Å²) in [6.45, 7) is 9.95. The van der Waals surface area contributed by atoms with Crippen molar-refractivity contribution in [1.29, 1.82) is 0 Å². The van der Waals surface area contributed by atoms with Crippen molar-refractivity contribution in [3.8, 4) is 0 Å². The monoisotopic (exact) mass is 142 g/mol. The molecule has 52 valence electrons. The van der Waals surface area contributed by atoms with E-state index in [9.17, 15) is 0 Å². The van der Waals surface area contributed by atoms with Crippen LogP contribution in [0.2, 0.25) is 0 Å². The van der Waals surface area contributed by atoms with Gasteiger partial charge in [0.1, 0.15) is 0 Å². The molecule has 0 unspecified atom stereocenters. The van der Waals surface area contributed by atoms with E-state index in [4.69, 9.17) is 0 Å². The van der Waals surface area contributed by atoms with Crippen molar-refractivity contribution in [2.45, 2.75) is 20.8 Å². The fourth-order valence-corrected chi connectivity index (χ4v) is 0.640. The highest BCUT2D eigenvalue weighted by molar-refractivity contribution is 7.84. The third-order valence-electron chi connectivity index (χ3n) is 0.986. The van der Waals surface area contributed by atoms with E-state index in [1.165, 1.54) is 0 Å². The van der Waals surface area contributed by atoms with Crippen LogP contribution in [0.4, 0.5) is 0 Å². The minimum Gasteiger partial charge on any atom is -0.148 e. The summed E-state index contributed by atoms with van der Waals surface area (Å²) >= 11 is 4.26. The number of hydrogen-bond donors (Lipinski definition) is 1. The smallest absolute Gasteiger partial charge is 0.0156 e. The summed E-state index contributed by atoms with van der Waals surface area (Å²) in [4.78, 5) is 1.10. The number of rotatable bonds is 2. The molecule has 0 aliphatic carbocycles. The molecular weight excluding hydrogens is 128 g/mol. The van der Waals surface area contributed by atoms with Gasteiger partial charge in [-0.15, -0.1) is 12.6 Å². The van der Waals surface area contributed by atoms with Gasteiger partial charge in [-0.1, -0.05) is 32.1 Å². The largest absolute Gasteiger partial charge is 0.148 e. The van der Waals surface area contributed by atoms with Gasteiger partial charge in [0, 0.05) is 0 Å². The summed E-state index contributed by atoms with van der Waals surface area (Å²) in [6.07, 6.45) is 1.99. The van der Waals surface area contributed by atoms with Crippen LogP contribution in [0.25, 0.3) is 0 Å². The molecule has 1 heteroatoms. The van der Waals surface area contributed by atoms with E-state index in [1.54, 1.807) is 0 Å². The van der Waals surface area contributed by atoms with Gasteiger partial charge in [-0.3, -0.25) is 0 Å². The van der Waals surface area contributed by atoms with Gasteiger partial charge in [0.2, 0.25) is 0 Å². The average Bonchev–Trinajstić information content (AvgIpc) is 1.63. The van der Waals surface area contributed by atoms with Crippen LogP contribution in [0.15, 0.2) is 23.1 Å². The quantitative estimate of drug-likeness (QED) is 0.444. The summed E-state index contributed by atoms with van der Waals surface area (Å²) in [5.74, 6) is 0.519. The van der Waals surface area contributed by atoms with E-state index in [0.29, 0.717) is 5.92 Å². The maximum Gasteiger partial charge on any atom is -0.0156 e. The van der Waals surface area contributed by atoms with Gasteiger partial charge in [0.25, 0.3) is 0 Å². The molecule has 0 aromatic carbocycles. The third-order valence-corrected chi connectivity index (χ3v) is 1.63.